The molecule has 0 saturated carbocycles. The first-order valence-corrected chi connectivity index (χ1v) is 17.5. The van der Waals surface area contributed by atoms with Gasteiger partial charge in [-0.05, 0) is 103 Å². The van der Waals surface area contributed by atoms with Crippen LogP contribution in [0.4, 0.5) is 22.7 Å². The monoisotopic (exact) mass is 640 g/mol. The molecule has 0 fully saturated rings. The second kappa shape index (κ2) is 15.8. The predicted molar refractivity (Wildman–Crippen MR) is 197 cm³/mol. The van der Waals surface area contributed by atoms with Crippen molar-refractivity contribution in [3.05, 3.63) is 121 Å². The van der Waals surface area contributed by atoms with Gasteiger partial charge >= 0.3 is 0 Å². The maximum absolute atomic E-state index is 16.9. The van der Waals surface area contributed by atoms with Crippen molar-refractivity contribution in [1.29, 1.82) is 0 Å². The molecule has 0 aliphatic heterocycles. The van der Waals surface area contributed by atoms with E-state index in [9.17, 15) is 0 Å². The number of anilines is 4. The van der Waals surface area contributed by atoms with Crippen molar-refractivity contribution in [3.8, 4) is 0 Å². The molecule has 2 unspecified atom stereocenters. The van der Waals surface area contributed by atoms with Crippen molar-refractivity contribution in [2.75, 3.05) is 64.2 Å². The Balaban J connectivity index is 2.24. The molecular formula is C38H52N6OS. The third-order valence-corrected chi connectivity index (χ3v) is 11.3. The first-order valence-electron chi connectivity index (χ1n) is 16.3. The van der Waals surface area contributed by atoms with Crippen LogP contribution in [0.5, 0.6) is 0 Å². The van der Waals surface area contributed by atoms with Gasteiger partial charge in [0.25, 0.3) is 0 Å². The second-order valence-corrected chi connectivity index (χ2v) is 13.2. The molecule has 2 atom stereocenters. The van der Waals surface area contributed by atoms with Crippen LogP contribution in [-0.2, 0) is 10.8 Å². The Kier molecular flexibility index (Phi) is 12.2. The van der Waals surface area contributed by atoms with E-state index in [1.165, 1.54) is 0 Å². The summed E-state index contributed by atoms with van der Waals surface area (Å²) in [7, 11) is 6.51. The lowest BCUT2D eigenvalue weighted by Crippen LogP contribution is -2.80. The van der Waals surface area contributed by atoms with E-state index < -0.39 is 21.0 Å². The molecule has 7 nitrogen and oxygen atoms in total. The summed E-state index contributed by atoms with van der Waals surface area (Å²) in [5.74, 6) is 0. The SMILES string of the molecule is CCN(CC)C(N(C)C)(N(c1ccccc1)c1ccccc1)S(=O)C(N(C)C)(N(CC)CC)N(c1ccccc1)c1ccccc1. The van der Waals surface area contributed by atoms with E-state index in [2.05, 4.69) is 182 Å². The molecule has 0 radical (unpaired) electrons. The number of benzene rings is 4. The van der Waals surface area contributed by atoms with E-state index in [-0.39, 0.29) is 0 Å². The molecule has 0 spiro atoms. The molecule has 0 bridgehead atoms. The van der Waals surface area contributed by atoms with Gasteiger partial charge in [-0.15, -0.1) is 0 Å². The molecule has 4 aromatic carbocycles. The Bertz CT molecular complexity index is 1290. The van der Waals surface area contributed by atoms with Crippen molar-refractivity contribution >= 4 is 33.5 Å². The van der Waals surface area contributed by atoms with Crippen LogP contribution in [0, 0.1) is 0 Å². The molecule has 0 aliphatic rings. The summed E-state index contributed by atoms with van der Waals surface area (Å²) < 4.78 is 16.9. The molecule has 0 amide bonds. The molecule has 0 aliphatic carbocycles. The molecule has 8 heteroatoms. The fourth-order valence-corrected chi connectivity index (χ4v) is 9.48. The zero-order chi connectivity index (χ0) is 33.3. The molecule has 0 N–H and O–H groups in total. The maximum Gasteiger partial charge on any atom is 0.240 e. The van der Waals surface area contributed by atoms with Gasteiger partial charge in [0.2, 0.25) is 10.2 Å². The van der Waals surface area contributed by atoms with Gasteiger partial charge in [0.1, 0.15) is 10.8 Å². The molecule has 4 aromatic rings. The number of rotatable bonds is 16. The fraction of sp³-hybridized carbons (Fsp3) is 0.368. The number of hydrogen-bond donors (Lipinski definition) is 0. The van der Waals surface area contributed by atoms with Gasteiger partial charge in [-0.1, -0.05) is 100 Å². The zero-order valence-electron chi connectivity index (χ0n) is 28.9. The first-order chi connectivity index (χ1) is 22.3. The van der Waals surface area contributed by atoms with Gasteiger partial charge in [0.15, 0.2) is 0 Å². The van der Waals surface area contributed by atoms with Gasteiger partial charge in [0.05, 0.1) is 0 Å². The summed E-state index contributed by atoms with van der Waals surface area (Å²) in [4.78, 5) is 13.6. The van der Waals surface area contributed by atoms with Crippen LogP contribution in [0.2, 0.25) is 0 Å². The Labute approximate surface area is 280 Å². The maximum atomic E-state index is 16.9. The van der Waals surface area contributed by atoms with Crippen molar-refractivity contribution in [3.63, 3.8) is 0 Å². The van der Waals surface area contributed by atoms with Crippen molar-refractivity contribution in [2.45, 2.75) is 37.9 Å². The highest BCUT2D eigenvalue weighted by molar-refractivity contribution is 7.87. The van der Waals surface area contributed by atoms with E-state index in [1.807, 2.05) is 24.3 Å². The van der Waals surface area contributed by atoms with Gasteiger partial charge < -0.3 is 0 Å². The minimum absolute atomic E-state index is 0.676. The van der Waals surface area contributed by atoms with Gasteiger partial charge in [-0.25, -0.2) is 4.21 Å². The predicted octanol–water partition coefficient (Wildman–Crippen LogP) is 7.44. The van der Waals surface area contributed by atoms with E-state index >= 15 is 4.21 Å². The Morgan fingerprint density at radius 1 is 0.435 bits per heavy atom. The minimum Gasteiger partial charge on any atom is -0.299 e. The minimum atomic E-state index is -1.74. The summed E-state index contributed by atoms with van der Waals surface area (Å²) >= 11 is 0. The van der Waals surface area contributed by atoms with Crippen LogP contribution in [-0.4, -0.2) is 88.4 Å². The quantitative estimate of drug-likeness (QED) is 0.118. The standard InChI is InChI=1S/C38H52N6OS/c1-9-41(10-2)37(39(5)6,43(33-25-17-13-18-26-33)34-27-19-14-20-28-34)46(45)38(40(7)8,42(11-3)12-4)44(35-29-21-15-22-30-35)36-31-23-16-24-32-36/h13-32H,9-12H2,1-8H3. The highest BCUT2D eigenvalue weighted by Crippen LogP contribution is 2.48. The number of hydrogen-bond acceptors (Lipinski definition) is 7. The number of nitrogens with zero attached hydrogens (tertiary/aromatic N) is 6. The number of para-hydroxylation sites is 4. The van der Waals surface area contributed by atoms with E-state index in [4.69, 9.17) is 0 Å². The Morgan fingerprint density at radius 2 is 0.652 bits per heavy atom. The normalized spacial score (nSPS) is 15.1. The lowest BCUT2D eigenvalue weighted by atomic mass is 10.2. The van der Waals surface area contributed by atoms with Gasteiger partial charge in [-0.2, -0.15) is 0 Å². The van der Waals surface area contributed by atoms with E-state index in [0.717, 1.165) is 22.7 Å². The third-order valence-electron chi connectivity index (χ3n) is 8.65. The highest BCUT2D eigenvalue weighted by atomic mass is 32.2. The smallest absolute Gasteiger partial charge is 0.240 e. The molecule has 4 rings (SSSR count). The van der Waals surface area contributed by atoms with Gasteiger partial charge in [-0.3, -0.25) is 29.4 Å². The second-order valence-electron chi connectivity index (χ2n) is 11.6. The van der Waals surface area contributed by atoms with Crippen LogP contribution in [0.3, 0.4) is 0 Å². The fourth-order valence-electron chi connectivity index (χ4n) is 6.71. The molecular weight excluding hydrogens is 589 g/mol. The van der Waals surface area contributed by atoms with Crippen molar-refractivity contribution in [2.24, 2.45) is 0 Å². The summed E-state index contributed by atoms with van der Waals surface area (Å²) in [6.07, 6.45) is 0. The van der Waals surface area contributed by atoms with Crippen LogP contribution in [0.1, 0.15) is 27.7 Å². The van der Waals surface area contributed by atoms with Crippen LogP contribution in [0.25, 0.3) is 0 Å². The zero-order valence-corrected chi connectivity index (χ0v) is 29.7. The first kappa shape index (κ1) is 35.3. The average Bonchev–Trinajstić information content (AvgIpc) is 3.09. The lowest BCUT2D eigenvalue weighted by Gasteiger charge is -2.61. The molecule has 246 valence electrons. The topological polar surface area (TPSA) is 36.5 Å². The summed E-state index contributed by atoms with van der Waals surface area (Å²) in [6.45, 7) is 11.3. The third kappa shape index (κ3) is 6.25. The molecule has 46 heavy (non-hydrogen) atoms. The molecule has 0 aromatic heterocycles. The van der Waals surface area contributed by atoms with E-state index in [1.54, 1.807) is 0 Å². The summed E-state index contributed by atoms with van der Waals surface area (Å²) in [5.41, 5.74) is 3.84. The molecule has 0 heterocycles. The van der Waals surface area contributed by atoms with Gasteiger partial charge in [0, 0.05) is 22.7 Å². The largest absolute Gasteiger partial charge is 0.299 e. The van der Waals surface area contributed by atoms with Crippen LogP contribution in [0.15, 0.2) is 121 Å². The summed E-state index contributed by atoms with van der Waals surface area (Å²) in [6, 6.07) is 41.5. The Morgan fingerprint density at radius 3 is 0.826 bits per heavy atom. The van der Waals surface area contributed by atoms with Crippen LogP contribution < -0.4 is 9.80 Å². The lowest BCUT2D eigenvalue weighted by molar-refractivity contribution is 0.0228. The Hall–Kier alpha value is -3.53. The molecule has 0 saturated heterocycles. The van der Waals surface area contributed by atoms with Crippen molar-refractivity contribution < 1.29 is 4.21 Å². The van der Waals surface area contributed by atoms with Crippen LogP contribution >= 0.6 is 0 Å². The highest BCUT2D eigenvalue weighted by Gasteiger charge is 2.63. The van der Waals surface area contributed by atoms with E-state index in [0.29, 0.717) is 26.2 Å². The van der Waals surface area contributed by atoms with Crippen molar-refractivity contribution in [1.82, 2.24) is 19.6 Å². The summed E-state index contributed by atoms with van der Waals surface area (Å²) in [5, 5.41) is -2.33. The average molecular weight is 641 g/mol.